The lowest BCUT2D eigenvalue weighted by Crippen LogP contribution is -2.28. The Hall–Kier alpha value is -2.91. The van der Waals surface area contributed by atoms with Gasteiger partial charge in [-0.15, -0.1) is 0 Å². The minimum absolute atomic E-state index is 0.131. The molecular formula is C19H21F3N6O. The van der Waals surface area contributed by atoms with Gasteiger partial charge in [0.05, 0.1) is 17.5 Å². The number of amides is 1. The summed E-state index contributed by atoms with van der Waals surface area (Å²) in [5.41, 5.74) is 0.614. The van der Waals surface area contributed by atoms with E-state index in [9.17, 15) is 18.0 Å². The summed E-state index contributed by atoms with van der Waals surface area (Å²) in [5.74, 6) is -0.268. The van der Waals surface area contributed by atoms with Gasteiger partial charge in [0, 0.05) is 43.0 Å². The Balaban J connectivity index is 1.57. The van der Waals surface area contributed by atoms with Crippen LogP contribution in [0.1, 0.15) is 59.7 Å². The van der Waals surface area contributed by atoms with Gasteiger partial charge in [0.2, 0.25) is 0 Å². The van der Waals surface area contributed by atoms with Crippen molar-refractivity contribution in [2.24, 2.45) is 0 Å². The van der Waals surface area contributed by atoms with Crippen molar-refractivity contribution in [2.45, 2.75) is 45.3 Å². The van der Waals surface area contributed by atoms with Crippen molar-refractivity contribution < 1.29 is 18.0 Å². The van der Waals surface area contributed by atoms with Gasteiger partial charge >= 0.3 is 6.18 Å². The Morgan fingerprint density at radius 3 is 2.69 bits per heavy atom. The highest BCUT2D eigenvalue weighted by Gasteiger charge is 2.36. The Morgan fingerprint density at radius 1 is 1.28 bits per heavy atom. The van der Waals surface area contributed by atoms with Crippen LogP contribution >= 0.6 is 0 Å². The van der Waals surface area contributed by atoms with E-state index in [2.05, 4.69) is 15.2 Å². The van der Waals surface area contributed by atoms with Crippen LogP contribution in [-0.4, -0.2) is 48.3 Å². The van der Waals surface area contributed by atoms with Crippen molar-refractivity contribution in [3.05, 3.63) is 47.2 Å². The number of hydrogen-bond acceptors (Lipinski definition) is 4. The molecule has 0 bridgehead atoms. The summed E-state index contributed by atoms with van der Waals surface area (Å²) in [6, 6.07) is 2.72. The maximum Gasteiger partial charge on any atom is 0.433 e. The first-order valence-corrected chi connectivity index (χ1v) is 9.41. The first kappa shape index (κ1) is 19.4. The molecule has 0 N–H and O–H groups in total. The quantitative estimate of drug-likeness (QED) is 0.668. The highest BCUT2D eigenvalue weighted by Crippen LogP contribution is 2.32. The number of nitrogens with zero attached hydrogens (tertiary/aromatic N) is 6. The largest absolute Gasteiger partial charge is 0.433 e. The van der Waals surface area contributed by atoms with Crippen LogP contribution in [0.5, 0.6) is 0 Å². The van der Waals surface area contributed by atoms with Gasteiger partial charge < -0.3 is 4.90 Å². The highest BCUT2D eigenvalue weighted by atomic mass is 19.4. The van der Waals surface area contributed by atoms with Crippen molar-refractivity contribution in [2.75, 3.05) is 13.1 Å². The molecule has 3 aromatic rings. The number of aryl methyl sites for hydroxylation is 1. The molecule has 1 fully saturated rings. The fourth-order valence-electron chi connectivity index (χ4n) is 3.62. The number of aromatic nitrogens is 5. The van der Waals surface area contributed by atoms with Crippen LogP contribution in [-0.2, 0) is 6.18 Å². The molecule has 1 saturated heterocycles. The molecule has 29 heavy (non-hydrogen) atoms. The van der Waals surface area contributed by atoms with E-state index in [1.807, 2.05) is 13.8 Å². The second kappa shape index (κ2) is 6.85. The highest BCUT2D eigenvalue weighted by molar-refractivity contribution is 5.94. The van der Waals surface area contributed by atoms with Gasteiger partial charge in [-0.2, -0.15) is 23.4 Å². The lowest BCUT2D eigenvalue weighted by atomic mass is 10.1. The van der Waals surface area contributed by atoms with Gasteiger partial charge in [-0.05, 0) is 33.3 Å². The molecule has 1 aliphatic rings. The summed E-state index contributed by atoms with van der Waals surface area (Å²) in [6.45, 7) is 6.39. The van der Waals surface area contributed by atoms with Crippen LogP contribution in [0.2, 0.25) is 0 Å². The van der Waals surface area contributed by atoms with Gasteiger partial charge in [0.15, 0.2) is 5.65 Å². The standard InChI is InChI=1S/C19H21F3N6O/c1-11(2)27-10-14(8-23-27)18(29)26-5-4-13(9-26)15-7-17-24-12(3)6-16(19(20,21)22)28(17)25-15/h6-8,10-11,13H,4-5,9H2,1-3H3/t13-/m0/s1. The molecule has 0 aliphatic carbocycles. The van der Waals surface area contributed by atoms with E-state index < -0.39 is 11.9 Å². The average molecular weight is 406 g/mol. The molecule has 0 aromatic carbocycles. The molecular weight excluding hydrogens is 385 g/mol. The van der Waals surface area contributed by atoms with E-state index in [1.165, 1.54) is 6.92 Å². The summed E-state index contributed by atoms with van der Waals surface area (Å²) in [6.07, 6.45) is -0.631. The van der Waals surface area contributed by atoms with Crippen molar-refractivity contribution >= 4 is 11.6 Å². The van der Waals surface area contributed by atoms with Crippen molar-refractivity contribution in [1.29, 1.82) is 0 Å². The van der Waals surface area contributed by atoms with Gasteiger partial charge in [0.25, 0.3) is 5.91 Å². The molecule has 1 aliphatic heterocycles. The Morgan fingerprint density at radius 2 is 2.03 bits per heavy atom. The maximum absolute atomic E-state index is 13.3. The van der Waals surface area contributed by atoms with E-state index in [0.29, 0.717) is 30.8 Å². The zero-order chi connectivity index (χ0) is 20.9. The van der Waals surface area contributed by atoms with Crippen molar-refractivity contribution in [3.63, 3.8) is 0 Å². The zero-order valence-corrected chi connectivity index (χ0v) is 16.3. The first-order chi connectivity index (χ1) is 13.6. The van der Waals surface area contributed by atoms with Crippen LogP contribution in [0.25, 0.3) is 5.65 Å². The zero-order valence-electron chi connectivity index (χ0n) is 16.3. The van der Waals surface area contributed by atoms with Crippen LogP contribution in [0.3, 0.4) is 0 Å². The number of fused-ring (bicyclic) bond motifs is 1. The third-order valence-corrected chi connectivity index (χ3v) is 5.14. The summed E-state index contributed by atoms with van der Waals surface area (Å²) in [7, 11) is 0. The monoisotopic (exact) mass is 406 g/mol. The number of carbonyl (C=O) groups is 1. The molecule has 0 saturated carbocycles. The second-order valence-electron chi connectivity index (χ2n) is 7.66. The lowest BCUT2D eigenvalue weighted by Gasteiger charge is -2.15. The predicted molar refractivity (Wildman–Crippen MR) is 98.6 cm³/mol. The predicted octanol–water partition coefficient (Wildman–Crippen LogP) is 3.46. The molecule has 0 unspecified atom stereocenters. The van der Waals surface area contributed by atoms with E-state index in [0.717, 1.165) is 10.6 Å². The van der Waals surface area contributed by atoms with E-state index >= 15 is 0 Å². The molecule has 7 nitrogen and oxygen atoms in total. The summed E-state index contributed by atoms with van der Waals surface area (Å²) in [4.78, 5) is 18.6. The maximum atomic E-state index is 13.3. The molecule has 0 spiro atoms. The molecule has 154 valence electrons. The van der Waals surface area contributed by atoms with Crippen LogP contribution in [0, 0.1) is 6.92 Å². The van der Waals surface area contributed by atoms with Crippen LogP contribution in [0.15, 0.2) is 24.5 Å². The fourth-order valence-corrected chi connectivity index (χ4v) is 3.62. The third-order valence-electron chi connectivity index (χ3n) is 5.14. The Kier molecular flexibility index (Phi) is 4.59. The van der Waals surface area contributed by atoms with Gasteiger partial charge in [-0.3, -0.25) is 9.48 Å². The minimum atomic E-state index is -4.52. The smallest absolute Gasteiger partial charge is 0.338 e. The van der Waals surface area contributed by atoms with Crippen molar-refractivity contribution in [3.8, 4) is 0 Å². The lowest BCUT2D eigenvalue weighted by molar-refractivity contribution is -0.142. The van der Waals surface area contributed by atoms with Gasteiger partial charge in [-0.1, -0.05) is 0 Å². The Bertz CT molecular complexity index is 1070. The third kappa shape index (κ3) is 3.58. The van der Waals surface area contributed by atoms with Gasteiger partial charge in [0.1, 0.15) is 5.69 Å². The number of alkyl halides is 3. The summed E-state index contributed by atoms with van der Waals surface area (Å²) >= 11 is 0. The number of halogens is 3. The molecule has 1 atom stereocenters. The van der Waals surface area contributed by atoms with E-state index in [1.54, 1.807) is 28.0 Å². The second-order valence-corrected chi connectivity index (χ2v) is 7.66. The molecule has 3 aromatic heterocycles. The molecule has 0 radical (unpaired) electrons. The Labute approximate surface area is 165 Å². The van der Waals surface area contributed by atoms with E-state index in [-0.39, 0.29) is 29.2 Å². The number of carbonyl (C=O) groups excluding carboxylic acids is 1. The molecule has 10 heteroatoms. The van der Waals surface area contributed by atoms with Crippen molar-refractivity contribution in [1.82, 2.24) is 29.3 Å². The van der Waals surface area contributed by atoms with Crippen LogP contribution in [0.4, 0.5) is 13.2 Å². The number of likely N-dealkylation sites (tertiary alicyclic amines) is 1. The van der Waals surface area contributed by atoms with Gasteiger partial charge in [-0.25, -0.2) is 9.50 Å². The normalized spacial score (nSPS) is 17.6. The first-order valence-electron chi connectivity index (χ1n) is 9.41. The topological polar surface area (TPSA) is 68.3 Å². The summed E-state index contributed by atoms with van der Waals surface area (Å²) < 4.78 is 42.6. The molecule has 4 rings (SSSR count). The minimum Gasteiger partial charge on any atom is -0.338 e. The molecule has 4 heterocycles. The fraction of sp³-hybridized carbons (Fsp3) is 0.474. The number of hydrogen-bond donors (Lipinski definition) is 0. The summed E-state index contributed by atoms with van der Waals surface area (Å²) in [5, 5.41) is 8.37. The van der Waals surface area contributed by atoms with E-state index in [4.69, 9.17) is 0 Å². The average Bonchev–Trinajstić information content (AvgIpc) is 3.37. The molecule has 1 amide bonds. The number of rotatable bonds is 3. The SMILES string of the molecule is Cc1cc(C(F)(F)F)n2nc([C@H]3CCN(C(=O)c4cnn(C(C)C)c4)C3)cc2n1. The van der Waals surface area contributed by atoms with Crippen LogP contribution < -0.4 is 0 Å².